The van der Waals surface area contributed by atoms with E-state index in [9.17, 15) is 0 Å². The van der Waals surface area contributed by atoms with Crippen molar-refractivity contribution in [2.24, 2.45) is 0 Å². The molecule has 2 atom stereocenters. The van der Waals surface area contributed by atoms with Gasteiger partial charge in [-0.15, -0.1) is 0 Å². The largest absolute Gasteiger partial charge is 0.379 e. The average Bonchev–Trinajstić information content (AvgIpc) is 2.17. The van der Waals surface area contributed by atoms with Gasteiger partial charge >= 0.3 is 0 Å². The standard InChI is InChI=1S/C13H30N2O/c1-8-12(15(5)6)10-14-11(2)9-13(3,4)16-7/h11-12,14H,8-10H2,1-7H3. The molecule has 98 valence electrons. The van der Waals surface area contributed by atoms with Crippen molar-refractivity contribution < 1.29 is 4.74 Å². The van der Waals surface area contributed by atoms with E-state index in [4.69, 9.17) is 4.74 Å². The zero-order chi connectivity index (χ0) is 12.8. The minimum Gasteiger partial charge on any atom is -0.379 e. The van der Waals surface area contributed by atoms with Crippen molar-refractivity contribution in [2.45, 2.75) is 58.2 Å². The lowest BCUT2D eigenvalue weighted by Crippen LogP contribution is -2.43. The van der Waals surface area contributed by atoms with Crippen LogP contribution < -0.4 is 5.32 Å². The molecule has 3 heteroatoms. The smallest absolute Gasteiger partial charge is 0.0637 e. The van der Waals surface area contributed by atoms with Crippen LogP contribution in [-0.2, 0) is 4.74 Å². The van der Waals surface area contributed by atoms with Crippen LogP contribution in [0, 0.1) is 0 Å². The summed E-state index contributed by atoms with van der Waals surface area (Å²) in [6.45, 7) is 9.77. The summed E-state index contributed by atoms with van der Waals surface area (Å²) in [6.07, 6.45) is 2.22. The van der Waals surface area contributed by atoms with E-state index >= 15 is 0 Å². The Kier molecular flexibility index (Phi) is 7.20. The van der Waals surface area contributed by atoms with Gasteiger partial charge in [-0.25, -0.2) is 0 Å². The van der Waals surface area contributed by atoms with E-state index in [1.54, 1.807) is 7.11 Å². The number of hydrogen-bond donors (Lipinski definition) is 1. The predicted octanol–water partition coefficient (Wildman–Crippen LogP) is 2.12. The Morgan fingerprint density at radius 2 is 1.88 bits per heavy atom. The first-order valence-electron chi connectivity index (χ1n) is 6.27. The molecule has 0 radical (unpaired) electrons. The fourth-order valence-corrected chi connectivity index (χ4v) is 1.92. The van der Waals surface area contributed by atoms with Gasteiger partial charge in [-0.3, -0.25) is 0 Å². The third-order valence-corrected chi connectivity index (χ3v) is 3.25. The Balaban J connectivity index is 3.92. The molecule has 2 unspecified atom stereocenters. The first kappa shape index (κ1) is 15.9. The van der Waals surface area contributed by atoms with E-state index in [2.05, 4.69) is 52.0 Å². The van der Waals surface area contributed by atoms with Crippen LogP contribution in [0.3, 0.4) is 0 Å². The number of likely N-dealkylation sites (N-methyl/N-ethyl adjacent to an activating group) is 1. The van der Waals surface area contributed by atoms with Gasteiger partial charge in [0.25, 0.3) is 0 Å². The predicted molar refractivity (Wildman–Crippen MR) is 70.9 cm³/mol. The third kappa shape index (κ3) is 6.46. The van der Waals surface area contributed by atoms with Crippen molar-refractivity contribution in [3.05, 3.63) is 0 Å². The van der Waals surface area contributed by atoms with Crippen molar-refractivity contribution in [3.63, 3.8) is 0 Å². The van der Waals surface area contributed by atoms with Gasteiger partial charge in [0.2, 0.25) is 0 Å². The molecule has 0 rings (SSSR count). The summed E-state index contributed by atoms with van der Waals surface area (Å²) in [5, 5.41) is 3.58. The van der Waals surface area contributed by atoms with Crippen molar-refractivity contribution in [1.82, 2.24) is 10.2 Å². The van der Waals surface area contributed by atoms with Crippen molar-refractivity contribution >= 4 is 0 Å². The molecular formula is C13H30N2O. The highest BCUT2D eigenvalue weighted by molar-refractivity contribution is 4.77. The number of nitrogens with zero attached hydrogens (tertiary/aromatic N) is 1. The Morgan fingerprint density at radius 3 is 2.25 bits per heavy atom. The first-order valence-corrected chi connectivity index (χ1v) is 6.27. The van der Waals surface area contributed by atoms with E-state index in [0.717, 1.165) is 13.0 Å². The Labute approximate surface area is 102 Å². The molecule has 1 N–H and O–H groups in total. The molecule has 0 aliphatic rings. The highest BCUT2D eigenvalue weighted by Gasteiger charge is 2.20. The molecule has 0 aromatic carbocycles. The van der Waals surface area contributed by atoms with Crippen molar-refractivity contribution in [3.8, 4) is 0 Å². The molecule has 0 fully saturated rings. The maximum Gasteiger partial charge on any atom is 0.0637 e. The third-order valence-electron chi connectivity index (χ3n) is 3.25. The zero-order valence-electron chi connectivity index (χ0n) is 12.1. The van der Waals surface area contributed by atoms with E-state index in [0.29, 0.717) is 12.1 Å². The van der Waals surface area contributed by atoms with Crippen LogP contribution in [0.25, 0.3) is 0 Å². The van der Waals surface area contributed by atoms with Gasteiger partial charge in [-0.1, -0.05) is 6.92 Å². The summed E-state index contributed by atoms with van der Waals surface area (Å²) in [5.41, 5.74) is -0.0355. The zero-order valence-corrected chi connectivity index (χ0v) is 12.1. The first-order chi connectivity index (χ1) is 7.32. The van der Waals surface area contributed by atoms with Crippen LogP contribution in [0.1, 0.15) is 40.5 Å². The normalized spacial score (nSPS) is 16.5. The van der Waals surface area contributed by atoms with Crippen LogP contribution in [0.4, 0.5) is 0 Å². The Hall–Kier alpha value is -0.120. The number of methoxy groups -OCH3 is 1. The summed E-state index contributed by atoms with van der Waals surface area (Å²) >= 11 is 0. The molecule has 0 aromatic heterocycles. The van der Waals surface area contributed by atoms with E-state index < -0.39 is 0 Å². The minimum atomic E-state index is -0.0355. The van der Waals surface area contributed by atoms with Crippen LogP contribution in [0.2, 0.25) is 0 Å². The Bertz CT molecular complexity index is 181. The lowest BCUT2D eigenvalue weighted by molar-refractivity contribution is 0.00816. The maximum atomic E-state index is 5.44. The van der Waals surface area contributed by atoms with Gasteiger partial charge in [0.1, 0.15) is 0 Å². The second kappa shape index (κ2) is 7.25. The lowest BCUT2D eigenvalue weighted by Gasteiger charge is -2.29. The van der Waals surface area contributed by atoms with Gasteiger partial charge in [0, 0.05) is 25.7 Å². The molecule has 3 nitrogen and oxygen atoms in total. The molecular weight excluding hydrogens is 200 g/mol. The second-order valence-electron chi connectivity index (χ2n) is 5.50. The molecule has 0 saturated heterocycles. The second-order valence-corrected chi connectivity index (χ2v) is 5.50. The molecule has 0 aromatic rings. The molecule has 0 aliphatic carbocycles. The van der Waals surface area contributed by atoms with Crippen LogP contribution in [0.5, 0.6) is 0 Å². The lowest BCUT2D eigenvalue weighted by atomic mass is 9.99. The summed E-state index contributed by atoms with van der Waals surface area (Å²) in [4.78, 5) is 2.28. The van der Waals surface area contributed by atoms with Crippen LogP contribution in [0.15, 0.2) is 0 Å². The molecule has 0 amide bonds. The van der Waals surface area contributed by atoms with Gasteiger partial charge in [0.15, 0.2) is 0 Å². The summed E-state index contributed by atoms with van der Waals surface area (Å²) < 4.78 is 5.44. The monoisotopic (exact) mass is 230 g/mol. The SMILES string of the molecule is CCC(CNC(C)CC(C)(C)OC)N(C)C. The minimum absolute atomic E-state index is 0.0355. The highest BCUT2D eigenvalue weighted by atomic mass is 16.5. The van der Waals surface area contributed by atoms with Gasteiger partial charge in [0.05, 0.1) is 5.60 Å². The van der Waals surface area contributed by atoms with E-state index in [-0.39, 0.29) is 5.60 Å². The Morgan fingerprint density at radius 1 is 1.31 bits per heavy atom. The van der Waals surface area contributed by atoms with Crippen LogP contribution >= 0.6 is 0 Å². The molecule has 0 bridgehead atoms. The molecule has 0 saturated carbocycles. The molecule has 0 aliphatic heterocycles. The number of nitrogens with one attached hydrogen (secondary N) is 1. The maximum absolute atomic E-state index is 5.44. The fraction of sp³-hybridized carbons (Fsp3) is 1.00. The van der Waals surface area contributed by atoms with Gasteiger partial charge in [-0.05, 0) is 47.7 Å². The topological polar surface area (TPSA) is 24.5 Å². The van der Waals surface area contributed by atoms with Crippen molar-refractivity contribution in [2.75, 3.05) is 27.7 Å². The average molecular weight is 230 g/mol. The summed E-state index contributed by atoms with van der Waals surface area (Å²) in [6, 6.07) is 1.11. The number of ether oxygens (including phenoxy) is 1. The molecule has 16 heavy (non-hydrogen) atoms. The van der Waals surface area contributed by atoms with Gasteiger partial charge < -0.3 is 15.0 Å². The number of hydrogen-bond acceptors (Lipinski definition) is 3. The molecule has 0 spiro atoms. The number of rotatable bonds is 8. The quantitative estimate of drug-likeness (QED) is 0.691. The molecule has 0 heterocycles. The van der Waals surface area contributed by atoms with Crippen LogP contribution in [-0.4, -0.2) is 50.3 Å². The van der Waals surface area contributed by atoms with E-state index in [1.807, 2.05) is 0 Å². The summed E-state index contributed by atoms with van der Waals surface area (Å²) in [5.74, 6) is 0. The summed E-state index contributed by atoms with van der Waals surface area (Å²) in [7, 11) is 6.06. The van der Waals surface area contributed by atoms with Gasteiger partial charge in [-0.2, -0.15) is 0 Å². The highest BCUT2D eigenvalue weighted by Crippen LogP contribution is 2.15. The van der Waals surface area contributed by atoms with E-state index in [1.165, 1.54) is 6.42 Å². The fourth-order valence-electron chi connectivity index (χ4n) is 1.92. The van der Waals surface area contributed by atoms with Crippen molar-refractivity contribution in [1.29, 1.82) is 0 Å².